The van der Waals surface area contributed by atoms with Gasteiger partial charge >= 0.3 is 0 Å². The van der Waals surface area contributed by atoms with Gasteiger partial charge in [-0.25, -0.2) is 13.8 Å². The third-order valence-corrected chi connectivity index (χ3v) is 4.55. The molecule has 0 spiro atoms. The van der Waals surface area contributed by atoms with E-state index in [1.165, 1.54) is 10.5 Å². The van der Waals surface area contributed by atoms with E-state index in [9.17, 15) is 18.4 Å². The maximum absolute atomic E-state index is 13.8. The first-order valence-electron chi connectivity index (χ1n) is 8.58. The Labute approximate surface area is 153 Å². The number of halogens is 2. The van der Waals surface area contributed by atoms with Crippen LogP contribution in [0.1, 0.15) is 33.9 Å². The minimum absolute atomic E-state index is 0.115. The fourth-order valence-corrected chi connectivity index (χ4v) is 3.21. The number of imidazole rings is 1. The summed E-state index contributed by atoms with van der Waals surface area (Å²) < 4.78 is 29.1. The lowest BCUT2D eigenvalue weighted by Crippen LogP contribution is -2.28. The van der Waals surface area contributed by atoms with Gasteiger partial charge in [0.1, 0.15) is 17.3 Å². The molecule has 2 amide bonds. The van der Waals surface area contributed by atoms with Gasteiger partial charge in [-0.05, 0) is 37.1 Å². The Morgan fingerprint density at radius 3 is 2.41 bits per heavy atom. The van der Waals surface area contributed by atoms with Crippen molar-refractivity contribution in [2.75, 3.05) is 18.4 Å². The summed E-state index contributed by atoms with van der Waals surface area (Å²) in [4.78, 5) is 31.3. The molecule has 1 aliphatic heterocycles. The number of para-hydroxylation sites is 1. The topological polar surface area (TPSA) is 66.7 Å². The van der Waals surface area contributed by atoms with E-state index in [2.05, 4.69) is 10.3 Å². The third kappa shape index (κ3) is 3.03. The highest BCUT2D eigenvalue weighted by Gasteiger charge is 2.27. The minimum atomic E-state index is -0.891. The number of carbonyl (C=O) groups is 2. The Kier molecular flexibility index (Phi) is 4.31. The summed E-state index contributed by atoms with van der Waals surface area (Å²) in [6.07, 6.45) is 3.44. The van der Waals surface area contributed by atoms with E-state index in [1.54, 1.807) is 29.3 Å². The highest BCUT2D eigenvalue weighted by Crippen LogP contribution is 2.21. The standard InChI is InChI=1S/C19H16F2N4O2/c20-12-6-5-7-13(21)15(12)23-18(26)17-22-16(14-8-1-2-11-25(14)17)19(27)24-9-3-4-10-24/h1-2,5-8,11H,3-4,9-10H2,(H,23,26). The summed E-state index contributed by atoms with van der Waals surface area (Å²) in [5.74, 6) is -2.96. The summed E-state index contributed by atoms with van der Waals surface area (Å²) in [5, 5.41) is 2.21. The molecule has 8 heteroatoms. The van der Waals surface area contributed by atoms with Crippen molar-refractivity contribution < 1.29 is 18.4 Å². The molecule has 1 aromatic carbocycles. The molecule has 0 bridgehead atoms. The molecule has 138 valence electrons. The van der Waals surface area contributed by atoms with Crippen LogP contribution in [0.2, 0.25) is 0 Å². The summed E-state index contributed by atoms with van der Waals surface area (Å²) in [6.45, 7) is 1.29. The Morgan fingerprint density at radius 1 is 1.00 bits per heavy atom. The van der Waals surface area contributed by atoms with Crippen molar-refractivity contribution >= 4 is 23.0 Å². The van der Waals surface area contributed by atoms with Crippen LogP contribution in [-0.4, -0.2) is 39.2 Å². The first-order valence-corrected chi connectivity index (χ1v) is 8.58. The first kappa shape index (κ1) is 17.1. The minimum Gasteiger partial charge on any atom is -0.337 e. The molecule has 4 rings (SSSR count). The van der Waals surface area contributed by atoms with Gasteiger partial charge in [-0.1, -0.05) is 12.1 Å². The smallest absolute Gasteiger partial charge is 0.292 e. The molecular weight excluding hydrogens is 354 g/mol. The van der Waals surface area contributed by atoms with Crippen molar-refractivity contribution in [1.29, 1.82) is 0 Å². The van der Waals surface area contributed by atoms with Gasteiger partial charge in [0, 0.05) is 19.3 Å². The number of fused-ring (bicyclic) bond motifs is 1. The van der Waals surface area contributed by atoms with Crippen molar-refractivity contribution in [3.8, 4) is 0 Å². The van der Waals surface area contributed by atoms with Crippen molar-refractivity contribution in [2.45, 2.75) is 12.8 Å². The average molecular weight is 370 g/mol. The van der Waals surface area contributed by atoms with Crippen LogP contribution >= 0.6 is 0 Å². The third-order valence-electron chi connectivity index (χ3n) is 4.55. The van der Waals surface area contributed by atoms with Crippen LogP contribution in [0.3, 0.4) is 0 Å². The van der Waals surface area contributed by atoms with E-state index in [-0.39, 0.29) is 17.4 Å². The number of rotatable bonds is 3. The Balaban J connectivity index is 1.73. The van der Waals surface area contributed by atoms with E-state index in [0.717, 1.165) is 25.0 Å². The number of amides is 2. The molecule has 1 fully saturated rings. The second kappa shape index (κ2) is 6.79. The fourth-order valence-electron chi connectivity index (χ4n) is 3.21. The molecule has 27 heavy (non-hydrogen) atoms. The van der Waals surface area contributed by atoms with Gasteiger partial charge in [0.15, 0.2) is 5.69 Å². The van der Waals surface area contributed by atoms with E-state index in [0.29, 0.717) is 18.6 Å². The Bertz CT molecular complexity index is 1020. The van der Waals surface area contributed by atoms with E-state index < -0.39 is 23.2 Å². The first-order chi connectivity index (χ1) is 13.1. The molecule has 0 atom stereocenters. The summed E-state index contributed by atoms with van der Waals surface area (Å²) in [5.41, 5.74) is 0.0628. The lowest BCUT2D eigenvalue weighted by atomic mass is 10.3. The molecule has 0 saturated carbocycles. The summed E-state index contributed by atoms with van der Waals surface area (Å²) in [6, 6.07) is 8.39. The van der Waals surface area contributed by atoms with Gasteiger partial charge in [-0.2, -0.15) is 0 Å². The number of nitrogens with zero attached hydrogens (tertiary/aromatic N) is 3. The van der Waals surface area contributed by atoms with Gasteiger partial charge in [0.25, 0.3) is 11.8 Å². The predicted octanol–water partition coefficient (Wildman–Crippen LogP) is 3.10. The van der Waals surface area contributed by atoms with Gasteiger partial charge in [-0.3, -0.25) is 14.0 Å². The summed E-state index contributed by atoms with van der Waals surface area (Å²) in [7, 11) is 0. The van der Waals surface area contributed by atoms with Gasteiger partial charge in [0.2, 0.25) is 5.82 Å². The molecule has 1 N–H and O–H groups in total. The second-order valence-corrected chi connectivity index (χ2v) is 6.29. The lowest BCUT2D eigenvalue weighted by Gasteiger charge is -2.13. The number of benzene rings is 1. The molecule has 0 radical (unpaired) electrons. The molecule has 1 aliphatic rings. The Hall–Kier alpha value is -3.29. The number of hydrogen-bond donors (Lipinski definition) is 1. The van der Waals surface area contributed by atoms with Crippen LogP contribution in [0.4, 0.5) is 14.5 Å². The van der Waals surface area contributed by atoms with Gasteiger partial charge < -0.3 is 10.2 Å². The zero-order valence-corrected chi connectivity index (χ0v) is 14.3. The monoisotopic (exact) mass is 370 g/mol. The van der Waals surface area contributed by atoms with Crippen molar-refractivity contribution in [3.05, 3.63) is 65.7 Å². The molecule has 6 nitrogen and oxygen atoms in total. The predicted molar refractivity (Wildman–Crippen MR) is 94.6 cm³/mol. The quantitative estimate of drug-likeness (QED) is 0.770. The van der Waals surface area contributed by atoms with Gasteiger partial charge in [-0.15, -0.1) is 0 Å². The highest BCUT2D eigenvalue weighted by atomic mass is 19.1. The van der Waals surface area contributed by atoms with Crippen LogP contribution < -0.4 is 5.32 Å². The molecule has 0 aliphatic carbocycles. The number of anilines is 1. The van der Waals surface area contributed by atoms with Crippen LogP contribution in [0, 0.1) is 11.6 Å². The number of nitrogens with one attached hydrogen (secondary N) is 1. The fraction of sp³-hybridized carbons (Fsp3) is 0.211. The maximum Gasteiger partial charge on any atom is 0.292 e. The number of likely N-dealkylation sites (tertiary alicyclic amines) is 1. The SMILES string of the molecule is O=C(Nc1c(F)cccc1F)c1nc(C(=O)N2CCCC2)c2ccccn12. The molecular formula is C19H16F2N4O2. The zero-order valence-electron chi connectivity index (χ0n) is 14.3. The normalized spacial score (nSPS) is 13.9. The van der Waals surface area contributed by atoms with Crippen molar-refractivity contribution in [1.82, 2.24) is 14.3 Å². The second-order valence-electron chi connectivity index (χ2n) is 6.29. The number of pyridine rings is 1. The molecule has 3 heterocycles. The molecule has 3 aromatic rings. The van der Waals surface area contributed by atoms with E-state index in [1.807, 2.05) is 0 Å². The zero-order chi connectivity index (χ0) is 19.0. The van der Waals surface area contributed by atoms with Crippen LogP contribution in [0.5, 0.6) is 0 Å². The van der Waals surface area contributed by atoms with Gasteiger partial charge in [0.05, 0.1) is 5.52 Å². The number of aromatic nitrogens is 2. The van der Waals surface area contributed by atoms with Crippen molar-refractivity contribution in [3.63, 3.8) is 0 Å². The highest BCUT2D eigenvalue weighted by molar-refractivity contribution is 6.06. The maximum atomic E-state index is 13.8. The Morgan fingerprint density at radius 2 is 1.70 bits per heavy atom. The number of carbonyl (C=O) groups excluding carboxylic acids is 2. The summed E-state index contributed by atoms with van der Waals surface area (Å²) >= 11 is 0. The largest absolute Gasteiger partial charge is 0.337 e. The van der Waals surface area contributed by atoms with E-state index in [4.69, 9.17) is 0 Å². The molecule has 0 unspecified atom stereocenters. The van der Waals surface area contributed by atoms with Crippen LogP contribution in [0.15, 0.2) is 42.6 Å². The lowest BCUT2D eigenvalue weighted by molar-refractivity contribution is 0.0789. The molecule has 1 saturated heterocycles. The molecule has 2 aromatic heterocycles. The van der Waals surface area contributed by atoms with Crippen LogP contribution in [0.25, 0.3) is 5.52 Å². The van der Waals surface area contributed by atoms with Crippen LogP contribution in [-0.2, 0) is 0 Å². The average Bonchev–Trinajstić information content (AvgIpc) is 3.32. The van der Waals surface area contributed by atoms with E-state index >= 15 is 0 Å². The number of hydrogen-bond acceptors (Lipinski definition) is 3. The van der Waals surface area contributed by atoms with Crippen molar-refractivity contribution in [2.24, 2.45) is 0 Å².